The summed E-state index contributed by atoms with van der Waals surface area (Å²) in [6, 6.07) is 10.5. The Balaban J connectivity index is 1.81. The molecule has 2 aromatic rings. The third-order valence-corrected chi connectivity index (χ3v) is 6.70. The number of rotatable bonds is 5. The third-order valence-electron chi connectivity index (χ3n) is 4.80. The molecule has 1 fully saturated rings. The molecule has 0 saturated carbocycles. The minimum Gasteiger partial charge on any atom is -0.495 e. The van der Waals surface area contributed by atoms with E-state index in [1.807, 2.05) is 6.07 Å². The van der Waals surface area contributed by atoms with Gasteiger partial charge in [-0.05, 0) is 30.3 Å². The maximum absolute atomic E-state index is 13.9. The molecule has 1 heterocycles. The standard InChI is InChI=1S/C20H21FN4O4S/c1-14(26)23-18-12-15(6-7-20(18)29-2)30(27,28)25-10-8-24(9-11-25)19-5-3-4-17(21)16(19)13-22/h3-7,12H,8-11H2,1-2H3,(H,23,26). The Bertz CT molecular complexity index is 1110. The zero-order valence-electron chi connectivity index (χ0n) is 16.6. The molecule has 0 spiro atoms. The maximum atomic E-state index is 13.9. The number of nitriles is 1. The molecule has 0 radical (unpaired) electrons. The van der Waals surface area contributed by atoms with E-state index in [1.165, 1.54) is 48.7 Å². The minimum atomic E-state index is -3.81. The van der Waals surface area contributed by atoms with Crippen molar-refractivity contribution in [2.45, 2.75) is 11.8 Å². The van der Waals surface area contributed by atoms with Gasteiger partial charge in [-0.25, -0.2) is 12.8 Å². The molecule has 1 amide bonds. The number of piperazine rings is 1. The largest absolute Gasteiger partial charge is 0.495 e. The van der Waals surface area contributed by atoms with Crippen LogP contribution >= 0.6 is 0 Å². The SMILES string of the molecule is COc1ccc(S(=O)(=O)N2CCN(c3cccc(F)c3C#N)CC2)cc1NC(C)=O. The van der Waals surface area contributed by atoms with Crippen molar-refractivity contribution >= 4 is 27.3 Å². The Labute approximate surface area is 174 Å². The number of benzene rings is 2. The van der Waals surface area contributed by atoms with Crippen molar-refractivity contribution in [3.63, 3.8) is 0 Å². The monoisotopic (exact) mass is 432 g/mol. The molecule has 0 aromatic heterocycles. The lowest BCUT2D eigenvalue weighted by Crippen LogP contribution is -2.48. The Morgan fingerprint density at radius 2 is 1.90 bits per heavy atom. The predicted octanol–water partition coefficient (Wildman–Crippen LogP) is 2.18. The van der Waals surface area contributed by atoms with Crippen molar-refractivity contribution in [1.29, 1.82) is 5.26 Å². The van der Waals surface area contributed by atoms with E-state index in [4.69, 9.17) is 4.74 Å². The fraction of sp³-hybridized carbons (Fsp3) is 0.300. The zero-order valence-corrected chi connectivity index (χ0v) is 17.4. The Morgan fingerprint density at radius 3 is 2.50 bits per heavy atom. The first-order valence-electron chi connectivity index (χ1n) is 9.17. The first-order chi connectivity index (χ1) is 14.3. The van der Waals surface area contributed by atoms with Gasteiger partial charge in [-0.1, -0.05) is 6.07 Å². The number of amides is 1. The van der Waals surface area contributed by atoms with Crippen LogP contribution in [0.25, 0.3) is 0 Å². The van der Waals surface area contributed by atoms with Gasteiger partial charge in [-0.15, -0.1) is 0 Å². The normalized spacial score (nSPS) is 14.8. The smallest absolute Gasteiger partial charge is 0.243 e. The van der Waals surface area contributed by atoms with Crippen molar-refractivity contribution in [2.24, 2.45) is 0 Å². The lowest BCUT2D eigenvalue weighted by molar-refractivity contribution is -0.114. The van der Waals surface area contributed by atoms with Gasteiger partial charge in [-0.2, -0.15) is 9.57 Å². The Hall–Kier alpha value is -3.16. The fourth-order valence-electron chi connectivity index (χ4n) is 3.34. The van der Waals surface area contributed by atoms with Crippen molar-refractivity contribution in [3.8, 4) is 11.8 Å². The van der Waals surface area contributed by atoms with E-state index in [9.17, 15) is 22.9 Å². The number of hydrogen-bond donors (Lipinski definition) is 1. The fourth-order valence-corrected chi connectivity index (χ4v) is 4.79. The molecule has 158 valence electrons. The maximum Gasteiger partial charge on any atom is 0.243 e. The predicted molar refractivity (Wildman–Crippen MR) is 109 cm³/mol. The van der Waals surface area contributed by atoms with E-state index in [1.54, 1.807) is 11.0 Å². The molecule has 0 bridgehead atoms. The summed E-state index contributed by atoms with van der Waals surface area (Å²) in [4.78, 5) is 13.2. The van der Waals surface area contributed by atoms with Crippen molar-refractivity contribution in [1.82, 2.24) is 4.31 Å². The number of hydrogen-bond acceptors (Lipinski definition) is 6. The summed E-state index contributed by atoms with van der Waals surface area (Å²) in [7, 11) is -2.39. The number of carbonyl (C=O) groups is 1. The molecule has 3 rings (SSSR count). The average molecular weight is 432 g/mol. The van der Waals surface area contributed by atoms with Crippen LogP contribution in [-0.2, 0) is 14.8 Å². The second kappa shape index (κ2) is 8.69. The highest BCUT2D eigenvalue weighted by Crippen LogP contribution is 2.30. The Kier molecular flexibility index (Phi) is 6.24. The van der Waals surface area contributed by atoms with E-state index in [0.29, 0.717) is 24.5 Å². The number of halogens is 1. The van der Waals surface area contributed by atoms with Crippen molar-refractivity contribution in [3.05, 3.63) is 47.8 Å². The van der Waals surface area contributed by atoms with Crippen LogP contribution in [0.4, 0.5) is 15.8 Å². The lowest BCUT2D eigenvalue weighted by Gasteiger charge is -2.35. The zero-order chi connectivity index (χ0) is 21.9. The van der Waals surface area contributed by atoms with Crippen LogP contribution in [0.2, 0.25) is 0 Å². The molecule has 8 nitrogen and oxygen atoms in total. The summed E-state index contributed by atoms with van der Waals surface area (Å²) in [5.74, 6) is -0.599. The topological polar surface area (TPSA) is 103 Å². The molecule has 1 aliphatic rings. The van der Waals surface area contributed by atoms with Crippen LogP contribution in [0.3, 0.4) is 0 Å². The molecule has 0 aliphatic carbocycles. The van der Waals surface area contributed by atoms with E-state index in [-0.39, 0.29) is 35.1 Å². The number of carbonyl (C=O) groups excluding carboxylic acids is 1. The summed E-state index contributed by atoms with van der Waals surface area (Å²) in [6.07, 6.45) is 0. The van der Waals surface area contributed by atoms with Gasteiger partial charge >= 0.3 is 0 Å². The molecule has 2 aromatic carbocycles. The summed E-state index contributed by atoms with van der Waals surface area (Å²) < 4.78 is 46.6. The quantitative estimate of drug-likeness (QED) is 0.777. The first kappa shape index (κ1) is 21.5. The van der Waals surface area contributed by atoms with Gasteiger partial charge in [0.05, 0.1) is 23.4 Å². The number of anilines is 2. The third kappa shape index (κ3) is 4.22. The van der Waals surface area contributed by atoms with Crippen LogP contribution < -0.4 is 15.0 Å². The molecule has 1 N–H and O–H groups in total. The second-order valence-corrected chi connectivity index (χ2v) is 8.62. The van der Waals surface area contributed by atoms with Gasteiger partial charge in [0.15, 0.2) is 0 Å². The molecule has 1 aliphatic heterocycles. The number of nitrogens with one attached hydrogen (secondary N) is 1. The molecular formula is C20H21FN4O4S. The van der Waals surface area contributed by atoms with Gasteiger partial charge < -0.3 is 15.0 Å². The highest BCUT2D eigenvalue weighted by Gasteiger charge is 2.30. The molecule has 0 atom stereocenters. The molecule has 0 unspecified atom stereocenters. The van der Waals surface area contributed by atoms with E-state index in [2.05, 4.69) is 5.32 Å². The minimum absolute atomic E-state index is 0.0315. The number of ether oxygens (including phenoxy) is 1. The van der Waals surface area contributed by atoms with Crippen molar-refractivity contribution in [2.75, 3.05) is 43.5 Å². The Morgan fingerprint density at radius 1 is 1.20 bits per heavy atom. The summed E-state index contributed by atoms with van der Waals surface area (Å²) in [5.41, 5.74) is 0.666. The lowest BCUT2D eigenvalue weighted by atomic mass is 10.1. The van der Waals surface area contributed by atoms with E-state index >= 15 is 0 Å². The molecule has 30 heavy (non-hydrogen) atoms. The molecule has 10 heteroatoms. The highest BCUT2D eigenvalue weighted by molar-refractivity contribution is 7.89. The van der Waals surface area contributed by atoms with E-state index in [0.717, 1.165) is 0 Å². The molecule has 1 saturated heterocycles. The van der Waals surface area contributed by atoms with Gasteiger partial charge in [0.1, 0.15) is 23.2 Å². The second-order valence-electron chi connectivity index (χ2n) is 6.68. The van der Waals surface area contributed by atoms with Gasteiger partial charge in [0.2, 0.25) is 15.9 Å². The number of methoxy groups -OCH3 is 1. The van der Waals surface area contributed by atoms with Crippen LogP contribution in [-0.4, -0.2) is 51.9 Å². The van der Waals surface area contributed by atoms with Crippen LogP contribution in [0.5, 0.6) is 5.75 Å². The van der Waals surface area contributed by atoms with Crippen molar-refractivity contribution < 1.29 is 22.3 Å². The van der Waals surface area contributed by atoms with Crippen LogP contribution in [0.15, 0.2) is 41.3 Å². The summed E-state index contributed by atoms with van der Waals surface area (Å²) in [6.45, 7) is 2.29. The van der Waals surface area contributed by atoms with E-state index < -0.39 is 15.8 Å². The highest BCUT2D eigenvalue weighted by atomic mass is 32.2. The van der Waals surface area contributed by atoms with Crippen LogP contribution in [0.1, 0.15) is 12.5 Å². The first-order valence-corrected chi connectivity index (χ1v) is 10.6. The molecular weight excluding hydrogens is 411 g/mol. The summed E-state index contributed by atoms with van der Waals surface area (Å²) in [5, 5.41) is 11.8. The van der Waals surface area contributed by atoms with Crippen LogP contribution in [0, 0.1) is 17.1 Å². The van der Waals surface area contributed by atoms with Gasteiger partial charge in [-0.3, -0.25) is 4.79 Å². The summed E-state index contributed by atoms with van der Waals surface area (Å²) >= 11 is 0. The average Bonchev–Trinajstić information content (AvgIpc) is 2.73. The number of nitrogens with zero attached hydrogens (tertiary/aromatic N) is 3. The van der Waals surface area contributed by atoms with Gasteiger partial charge in [0.25, 0.3) is 0 Å². The van der Waals surface area contributed by atoms with Gasteiger partial charge in [0, 0.05) is 33.1 Å². The number of sulfonamides is 1.